The van der Waals surface area contributed by atoms with Crippen LogP contribution in [0.15, 0.2) is 0 Å². The summed E-state index contributed by atoms with van der Waals surface area (Å²) in [6.07, 6.45) is 5.49. The Kier molecular flexibility index (Phi) is 4.83. The first kappa shape index (κ1) is 16.2. The van der Waals surface area contributed by atoms with Crippen LogP contribution in [0.4, 0.5) is 5.82 Å². The molecule has 0 radical (unpaired) electrons. The molecule has 2 saturated heterocycles. The smallest absolute Gasteiger partial charge is 0.225 e. The van der Waals surface area contributed by atoms with E-state index in [1.807, 2.05) is 13.8 Å². The van der Waals surface area contributed by atoms with Gasteiger partial charge in [-0.3, -0.25) is 4.79 Å². The van der Waals surface area contributed by atoms with Gasteiger partial charge in [0, 0.05) is 43.4 Å². The average molecular weight is 316 g/mol. The number of hydrogen-bond acceptors (Lipinski definition) is 4. The fourth-order valence-corrected chi connectivity index (χ4v) is 3.77. The van der Waals surface area contributed by atoms with Crippen molar-refractivity contribution in [3.8, 4) is 0 Å². The summed E-state index contributed by atoms with van der Waals surface area (Å²) in [5, 5.41) is 0. The van der Waals surface area contributed by atoms with Crippen LogP contribution in [0, 0.1) is 26.7 Å². The van der Waals surface area contributed by atoms with E-state index in [1.165, 1.54) is 19.3 Å². The average Bonchev–Trinajstić information content (AvgIpc) is 2.58. The number of amides is 1. The molecule has 1 aromatic heterocycles. The molecule has 0 unspecified atom stereocenters. The number of nitrogens with zero attached hydrogens (tertiary/aromatic N) is 4. The number of carbonyl (C=O) groups is 1. The third-order valence-electron chi connectivity index (χ3n) is 5.29. The zero-order valence-electron chi connectivity index (χ0n) is 14.6. The molecule has 0 aromatic carbocycles. The molecule has 1 amide bonds. The second-order valence-corrected chi connectivity index (χ2v) is 6.95. The highest BCUT2D eigenvalue weighted by molar-refractivity contribution is 5.79. The number of aryl methyl sites for hydroxylation is 2. The van der Waals surface area contributed by atoms with Crippen molar-refractivity contribution in [3.05, 3.63) is 17.1 Å². The Morgan fingerprint density at radius 1 is 0.957 bits per heavy atom. The molecular weight excluding hydrogens is 288 g/mol. The Morgan fingerprint density at radius 3 is 2.26 bits per heavy atom. The minimum Gasteiger partial charge on any atom is -0.356 e. The van der Waals surface area contributed by atoms with Crippen molar-refractivity contribution in [1.29, 1.82) is 0 Å². The summed E-state index contributed by atoms with van der Waals surface area (Å²) in [4.78, 5) is 26.1. The molecule has 2 fully saturated rings. The minimum atomic E-state index is 0.202. The van der Waals surface area contributed by atoms with E-state index in [-0.39, 0.29) is 5.92 Å². The van der Waals surface area contributed by atoms with E-state index >= 15 is 0 Å². The van der Waals surface area contributed by atoms with Gasteiger partial charge in [0.1, 0.15) is 11.6 Å². The van der Waals surface area contributed by atoms with Crippen LogP contribution in [0.1, 0.15) is 49.2 Å². The predicted octanol–water partition coefficient (Wildman–Crippen LogP) is 2.63. The summed E-state index contributed by atoms with van der Waals surface area (Å²) >= 11 is 0. The summed E-state index contributed by atoms with van der Waals surface area (Å²) in [5.74, 6) is 2.47. The van der Waals surface area contributed by atoms with E-state index in [2.05, 4.69) is 26.7 Å². The van der Waals surface area contributed by atoms with Gasteiger partial charge in [-0.05, 0) is 52.9 Å². The van der Waals surface area contributed by atoms with Crippen LogP contribution in [-0.4, -0.2) is 47.0 Å². The first-order chi connectivity index (χ1) is 11.1. The van der Waals surface area contributed by atoms with Crippen molar-refractivity contribution in [1.82, 2.24) is 14.9 Å². The number of piperidine rings is 2. The van der Waals surface area contributed by atoms with Crippen LogP contribution in [0.25, 0.3) is 0 Å². The van der Waals surface area contributed by atoms with Crippen LogP contribution in [0.3, 0.4) is 0 Å². The van der Waals surface area contributed by atoms with Crippen LogP contribution in [0.5, 0.6) is 0 Å². The summed E-state index contributed by atoms with van der Waals surface area (Å²) in [6.45, 7) is 9.84. The van der Waals surface area contributed by atoms with Gasteiger partial charge in [-0.2, -0.15) is 0 Å². The maximum absolute atomic E-state index is 12.7. The SMILES string of the molecule is Cc1nc(C)c(C)c(N2CCC(C(=O)N3CCCCC3)CC2)n1. The summed E-state index contributed by atoms with van der Waals surface area (Å²) < 4.78 is 0. The number of carbonyl (C=O) groups excluding carboxylic acids is 1. The molecule has 0 spiro atoms. The molecule has 126 valence electrons. The predicted molar refractivity (Wildman–Crippen MR) is 91.6 cm³/mol. The van der Waals surface area contributed by atoms with Gasteiger partial charge >= 0.3 is 0 Å². The van der Waals surface area contributed by atoms with Crippen molar-refractivity contribution in [2.45, 2.75) is 52.9 Å². The Hall–Kier alpha value is -1.65. The minimum absolute atomic E-state index is 0.202. The number of rotatable bonds is 2. The zero-order valence-corrected chi connectivity index (χ0v) is 14.6. The van der Waals surface area contributed by atoms with E-state index in [9.17, 15) is 4.79 Å². The summed E-state index contributed by atoms with van der Waals surface area (Å²) in [7, 11) is 0. The van der Waals surface area contributed by atoms with Gasteiger partial charge in [0.2, 0.25) is 5.91 Å². The van der Waals surface area contributed by atoms with E-state index in [0.717, 1.165) is 61.9 Å². The second-order valence-electron chi connectivity index (χ2n) is 6.95. The standard InChI is InChI=1S/C18H28N4O/c1-13-14(2)19-15(3)20-17(13)21-11-7-16(8-12-21)18(23)22-9-5-4-6-10-22/h16H,4-12H2,1-3H3. The summed E-state index contributed by atoms with van der Waals surface area (Å²) in [6, 6.07) is 0. The second kappa shape index (κ2) is 6.85. The highest BCUT2D eigenvalue weighted by Gasteiger charge is 2.30. The van der Waals surface area contributed by atoms with Gasteiger partial charge < -0.3 is 9.80 Å². The molecule has 5 nitrogen and oxygen atoms in total. The number of likely N-dealkylation sites (tertiary alicyclic amines) is 1. The lowest BCUT2D eigenvalue weighted by Crippen LogP contribution is -2.44. The first-order valence-electron chi connectivity index (χ1n) is 8.92. The Morgan fingerprint density at radius 2 is 1.61 bits per heavy atom. The highest BCUT2D eigenvalue weighted by atomic mass is 16.2. The molecule has 2 aliphatic rings. The molecule has 3 heterocycles. The molecule has 23 heavy (non-hydrogen) atoms. The number of hydrogen-bond donors (Lipinski definition) is 0. The van der Waals surface area contributed by atoms with Crippen LogP contribution in [-0.2, 0) is 4.79 Å². The van der Waals surface area contributed by atoms with Gasteiger partial charge in [-0.25, -0.2) is 9.97 Å². The van der Waals surface area contributed by atoms with Crippen molar-refractivity contribution in [2.75, 3.05) is 31.1 Å². The number of anilines is 1. The Bertz CT molecular complexity index is 573. The largest absolute Gasteiger partial charge is 0.356 e. The Balaban J connectivity index is 1.63. The maximum atomic E-state index is 12.7. The van der Waals surface area contributed by atoms with Crippen molar-refractivity contribution in [3.63, 3.8) is 0 Å². The summed E-state index contributed by atoms with van der Waals surface area (Å²) in [5.41, 5.74) is 2.22. The molecule has 0 atom stereocenters. The fraction of sp³-hybridized carbons (Fsp3) is 0.722. The molecule has 0 aliphatic carbocycles. The molecule has 0 N–H and O–H groups in total. The third kappa shape index (κ3) is 3.48. The maximum Gasteiger partial charge on any atom is 0.225 e. The van der Waals surface area contributed by atoms with Gasteiger partial charge in [-0.1, -0.05) is 0 Å². The van der Waals surface area contributed by atoms with Crippen LogP contribution in [0.2, 0.25) is 0 Å². The van der Waals surface area contributed by atoms with Gasteiger partial charge in [0.05, 0.1) is 0 Å². The third-order valence-corrected chi connectivity index (χ3v) is 5.29. The van der Waals surface area contributed by atoms with E-state index < -0.39 is 0 Å². The zero-order chi connectivity index (χ0) is 16.4. The Labute approximate surface area is 139 Å². The van der Waals surface area contributed by atoms with Gasteiger partial charge in [0.15, 0.2) is 0 Å². The molecule has 2 aliphatic heterocycles. The first-order valence-corrected chi connectivity index (χ1v) is 8.92. The van der Waals surface area contributed by atoms with Crippen molar-refractivity contribution in [2.24, 2.45) is 5.92 Å². The van der Waals surface area contributed by atoms with Gasteiger partial charge in [-0.15, -0.1) is 0 Å². The molecular formula is C18H28N4O. The number of aromatic nitrogens is 2. The van der Waals surface area contributed by atoms with Crippen LogP contribution >= 0.6 is 0 Å². The fourth-order valence-electron chi connectivity index (χ4n) is 3.77. The lowest BCUT2D eigenvalue weighted by Gasteiger charge is -2.36. The lowest BCUT2D eigenvalue weighted by molar-refractivity contribution is -0.137. The van der Waals surface area contributed by atoms with Crippen LogP contribution < -0.4 is 4.90 Å². The van der Waals surface area contributed by atoms with Crippen molar-refractivity contribution < 1.29 is 4.79 Å². The molecule has 5 heteroatoms. The van der Waals surface area contributed by atoms with Crippen molar-refractivity contribution >= 4 is 11.7 Å². The van der Waals surface area contributed by atoms with E-state index in [1.54, 1.807) is 0 Å². The van der Waals surface area contributed by atoms with Gasteiger partial charge in [0.25, 0.3) is 0 Å². The lowest BCUT2D eigenvalue weighted by atomic mass is 9.94. The molecule has 0 saturated carbocycles. The highest BCUT2D eigenvalue weighted by Crippen LogP contribution is 2.27. The topological polar surface area (TPSA) is 49.3 Å². The molecule has 0 bridgehead atoms. The van der Waals surface area contributed by atoms with E-state index in [4.69, 9.17) is 0 Å². The monoisotopic (exact) mass is 316 g/mol. The normalized spacial score (nSPS) is 20.0. The molecule has 1 aromatic rings. The van der Waals surface area contributed by atoms with E-state index in [0.29, 0.717) is 5.91 Å². The quantitative estimate of drug-likeness (QED) is 0.841. The molecule has 3 rings (SSSR count).